The van der Waals surface area contributed by atoms with Gasteiger partial charge >= 0.3 is 0 Å². The molecule has 5 nitrogen and oxygen atoms in total. The van der Waals surface area contributed by atoms with Gasteiger partial charge in [0, 0.05) is 34.8 Å². The molecular weight excluding hydrogens is 471 g/mol. The third-order valence-corrected chi connectivity index (χ3v) is 7.12. The first-order chi connectivity index (χ1) is 14.2. The second-order valence-corrected chi connectivity index (χ2v) is 9.28. The molecule has 0 radical (unpaired) electrons. The monoisotopic (exact) mass is 496 g/mol. The summed E-state index contributed by atoms with van der Waals surface area (Å²) in [4.78, 5) is 22.0. The number of hydrogen-bond acceptors (Lipinski definition) is 3. The molecule has 0 unspecified atom stereocenters. The second-order valence-electron chi connectivity index (χ2n) is 8.11. The first-order valence-corrected chi connectivity index (χ1v) is 11.5. The summed E-state index contributed by atoms with van der Waals surface area (Å²) in [6.07, 6.45) is 5.61. The first kappa shape index (κ1) is 19.1. The fourth-order valence-electron chi connectivity index (χ4n) is 4.67. The standard InChI is InChI=1S/C23H25IN4O/c24-20-4-3-5-21-22(20)28(16-25-21)14-17-6-8-18(9-7-17)23(29)27-13-10-19(15-27)26-11-1-2-12-26/h3-9,16,19H,1-2,10-15H2/t19-/m0/s1/i24-4. The molecule has 5 rings (SSSR count). The highest BCUT2D eigenvalue weighted by Crippen LogP contribution is 2.23. The summed E-state index contributed by atoms with van der Waals surface area (Å²) in [6.45, 7) is 4.90. The minimum Gasteiger partial charge on any atom is -0.337 e. The number of imidazole rings is 1. The molecule has 6 heteroatoms. The van der Waals surface area contributed by atoms with Crippen LogP contribution >= 0.6 is 22.6 Å². The number of nitrogens with zero attached hydrogens (tertiary/aromatic N) is 4. The zero-order valence-electron chi connectivity index (χ0n) is 16.4. The normalized spacial score (nSPS) is 20.0. The van der Waals surface area contributed by atoms with Crippen molar-refractivity contribution in [2.45, 2.75) is 31.8 Å². The van der Waals surface area contributed by atoms with Crippen molar-refractivity contribution in [3.05, 3.63) is 63.5 Å². The Balaban J connectivity index is 1.27. The maximum absolute atomic E-state index is 12.9. The minimum absolute atomic E-state index is 0.167. The van der Waals surface area contributed by atoms with Gasteiger partial charge in [0.15, 0.2) is 0 Å². The van der Waals surface area contributed by atoms with Crippen molar-refractivity contribution in [3.63, 3.8) is 0 Å². The van der Waals surface area contributed by atoms with E-state index < -0.39 is 0 Å². The number of para-hydroxylation sites is 1. The van der Waals surface area contributed by atoms with Crippen LogP contribution in [0.1, 0.15) is 35.2 Å². The Labute approximate surface area is 184 Å². The highest BCUT2D eigenvalue weighted by atomic mass is 123. The zero-order valence-corrected chi connectivity index (χ0v) is 18.6. The van der Waals surface area contributed by atoms with Crippen LogP contribution in [0, 0.1) is 3.57 Å². The average molecular weight is 496 g/mol. The molecule has 1 atom stereocenters. The van der Waals surface area contributed by atoms with E-state index in [4.69, 9.17) is 0 Å². The molecule has 2 saturated heterocycles. The van der Waals surface area contributed by atoms with Crippen LogP contribution in [0.25, 0.3) is 11.0 Å². The number of likely N-dealkylation sites (tertiary alicyclic amines) is 2. The van der Waals surface area contributed by atoms with Crippen LogP contribution in [0.4, 0.5) is 0 Å². The highest BCUT2D eigenvalue weighted by molar-refractivity contribution is 14.1. The van der Waals surface area contributed by atoms with E-state index in [1.165, 1.54) is 40.6 Å². The molecule has 1 aromatic heterocycles. The maximum Gasteiger partial charge on any atom is 0.253 e. The summed E-state index contributed by atoms with van der Waals surface area (Å²) in [5.41, 5.74) is 4.15. The first-order valence-electron chi connectivity index (χ1n) is 10.4. The summed E-state index contributed by atoms with van der Waals surface area (Å²) in [5, 5.41) is 0. The number of halogens is 1. The van der Waals surface area contributed by atoms with Gasteiger partial charge in [0.05, 0.1) is 17.4 Å². The van der Waals surface area contributed by atoms with Crippen LogP contribution in [0.15, 0.2) is 48.8 Å². The van der Waals surface area contributed by atoms with Gasteiger partial charge in [0.1, 0.15) is 0 Å². The Hall–Kier alpha value is -1.93. The van der Waals surface area contributed by atoms with Gasteiger partial charge in [-0.15, -0.1) is 0 Å². The van der Waals surface area contributed by atoms with E-state index in [-0.39, 0.29) is 5.91 Å². The molecule has 2 fully saturated rings. The lowest BCUT2D eigenvalue weighted by Crippen LogP contribution is -2.37. The number of rotatable bonds is 4. The van der Waals surface area contributed by atoms with Gasteiger partial charge in [-0.3, -0.25) is 9.69 Å². The summed E-state index contributed by atoms with van der Waals surface area (Å²) in [7, 11) is 0. The maximum atomic E-state index is 12.9. The van der Waals surface area contributed by atoms with Gasteiger partial charge in [0.2, 0.25) is 0 Å². The zero-order chi connectivity index (χ0) is 19.8. The third kappa shape index (κ3) is 3.80. The number of carbonyl (C=O) groups excluding carboxylic acids is 1. The summed E-state index contributed by atoms with van der Waals surface area (Å²) in [6, 6.07) is 14.8. The van der Waals surface area contributed by atoms with E-state index in [0.717, 1.165) is 37.1 Å². The number of aromatic nitrogens is 2. The van der Waals surface area contributed by atoms with Crippen LogP contribution in [0.5, 0.6) is 0 Å². The Bertz CT molecular complexity index is 1020. The van der Waals surface area contributed by atoms with E-state index in [1.807, 2.05) is 35.5 Å². The summed E-state index contributed by atoms with van der Waals surface area (Å²) >= 11 is 2.36. The lowest BCUT2D eigenvalue weighted by atomic mass is 10.1. The van der Waals surface area contributed by atoms with E-state index in [9.17, 15) is 4.79 Å². The predicted molar refractivity (Wildman–Crippen MR) is 123 cm³/mol. The molecule has 0 bridgehead atoms. The Morgan fingerprint density at radius 3 is 2.66 bits per heavy atom. The number of fused-ring (bicyclic) bond motifs is 1. The lowest BCUT2D eigenvalue weighted by Gasteiger charge is -2.23. The number of benzene rings is 2. The van der Waals surface area contributed by atoms with Crippen LogP contribution in [-0.2, 0) is 6.54 Å². The molecule has 0 spiro atoms. The SMILES string of the molecule is O=C(c1ccc(Cn2cnc3cccc([123I])c32)cc1)N1CC[C@H](N2CCCC2)C1. The van der Waals surface area contributed by atoms with E-state index in [0.29, 0.717) is 6.04 Å². The molecule has 3 aromatic rings. The molecule has 2 aromatic carbocycles. The molecule has 29 heavy (non-hydrogen) atoms. The van der Waals surface area contributed by atoms with Gasteiger partial charge in [-0.05, 0) is 84.8 Å². The van der Waals surface area contributed by atoms with E-state index in [1.54, 1.807) is 0 Å². The molecule has 3 heterocycles. The Morgan fingerprint density at radius 1 is 1.07 bits per heavy atom. The topological polar surface area (TPSA) is 41.4 Å². The summed E-state index contributed by atoms with van der Waals surface area (Å²) < 4.78 is 3.38. The van der Waals surface area contributed by atoms with Crippen molar-refractivity contribution in [1.29, 1.82) is 0 Å². The predicted octanol–water partition coefficient (Wildman–Crippen LogP) is 4.00. The smallest absolute Gasteiger partial charge is 0.253 e. The van der Waals surface area contributed by atoms with Gasteiger partial charge in [-0.1, -0.05) is 18.2 Å². The fraction of sp³-hybridized carbons (Fsp3) is 0.391. The highest BCUT2D eigenvalue weighted by Gasteiger charge is 2.31. The molecule has 0 aliphatic carbocycles. The molecule has 1 amide bonds. The number of hydrogen-bond donors (Lipinski definition) is 0. The van der Waals surface area contributed by atoms with Crippen molar-refractivity contribution in [1.82, 2.24) is 19.4 Å². The number of amides is 1. The Morgan fingerprint density at radius 2 is 1.86 bits per heavy atom. The largest absolute Gasteiger partial charge is 0.337 e. The lowest BCUT2D eigenvalue weighted by molar-refractivity contribution is 0.0780. The molecule has 0 saturated carbocycles. The Kier molecular flexibility index (Phi) is 5.30. The van der Waals surface area contributed by atoms with Gasteiger partial charge in [-0.25, -0.2) is 4.98 Å². The molecular formula is C23H25IN4O. The van der Waals surface area contributed by atoms with Crippen molar-refractivity contribution in [2.24, 2.45) is 0 Å². The van der Waals surface area contributed by atoms with Crippen molar-refractivity contribution >= 4 is 39.5 Å². The summed E-state index contributed by atoms with van der Waals surface area (Å²) in [5.74, 6) is 0.167. The van der Waals surface area contributed by atoms with E-state index in [2.05, 4.69) is 55.2 Å². The van der Waals surface area contributed by atoms with Crippen LogP contribution in [0.3, 0.4) is 0 Å². The van der Waals surface area contributed by atoms with Gasteiger partial charge in [0.25, 0.3) is 5.91 Å². The fourth-order valence-corrected chi connectivity index (χ4v) is 5.46. The van der Waals surface area contributed by atoms with Gasteiger partial charge < -0.3 is 9.47 Å². The molecule has 2 aliphatic heterocycles. The van der Waals surface area contributed by atoms with Crippen LogP contribution in [0.2, 0.25) is 0 Å². The average Bonchev–Trinajstić information content (AvgIpc) is 3.49. The van der Waals surface area contributed by atoms with Crippen LogP contribution in [-0.4, -0.2) is 57.5 Å². The second kappa shape index (κ2) is 8.07. The van der Waals surface area contributed by atoms with Crippen LogP contribution < -0.4 is 0 Å². The van der Waals surface area contributed by atoms with E-state index >= 15 is 0 Å². The molecule has 150 valence electrons. The molecule has 2 aliphatic rings. The van der Waals surface area contributed by atoms with Crippen molar-refractivity contribution < 1.29 is 4.79 Å². The van der Waals surface area contributed by atoms with Gasteiger partial charge in [-0.2, -0.15) is 0 Å². The number of carbonyl (C=O) groups is 1. The van der Waals surface area contributed by atoms with Crippen molar-refractivity contribution in [2.75, 3.05) is 26.2 Å². The molecule has 0 N–H and O–H groups in total. The quantitative estimate of drug-likeness (QED) is 0.513. The third-order valence-electron chi connectivity index (χ3n) is 6.25. The minimum atomic E-state index is 0.167. The van der Waals surface area contributed by atoms with Crippen molar-refractivity contribution in [3.8, 4) is 0 Å².